The monoisotopic (exact) mass is 312 g/mol. The zero-order valence-corrected chi connectivity index (χ0v) is 12.5. The Morgan fingerprint density at radius 1 is 1.29 bits per heavy atom. The van der Waals surface area contributed by atoms with Gasteiger partial charge in [0, 0.05) is 24.1 Å². The van der Waals surface area contributed by atoms with E-state index in [2.05, 4.69) is 4.99 Å². The molecule has 1 heterocycles. The lowest BCUT2D eigenvalue weighted by Crippen LogP contribution is -2.10. The van der Waals surface area contributed by atoms with Gasteiger partial charge in [-0.25, -0.2) is 13.8 Å². The molecule has 1 aliphatic rings. The quantitative estimate of drug-likeness (QED) is 0.783. The van der Waals surface area contributed by atoms with Crippen LogP contribution in [0.4, 0.5) is 8.78 Å². The normalized spacial score (nSPS) is 14.8. The summed E-state index contributed by atoms with van der Waals surface area (Å²) in [7, 11) is 0. The third kappa shape index (κ3) is 5.47. The molecule has 0 saturated heterocycles. The fourth-order valence-corrected chi connectivity index (χ4v) is 2.60. The molecule has 0 aliphatic carbocycles. The summed E-state index contributed by atoms with van der Waals surface area (Å²) in [6, 6.07) is 3.39. The molecule has 0 unspecified atom stereocenters. The highest BCUT2D eigenvalue weighted by Gasteiger charge is 2.06. The molecule has 1 aromatic carbocycles. The lowest BCUT2D eigenvalue weighted by atomic mass is 10.1. The van der Waals surface area contributed by atoms with E-state index in [1.54, 1.807) is 11.8 Å². The maximum Gasteiger partial charge on any atom is 0.158 e. The number of halogens is 2. The van der Waals surface area contributed by atoms with Gasteiger partial charge in [-0.05, 0) is 43.0 Å². The molecule has 6 heteroatoms. The first-order valence-corrected chi connectivity index (χ1v) is 7.79. The minimum Gasteiger partial charge on any atom is -0.378 e. The predicted octanol–water partition coefficient (Wildman–Crippen LogP) is 3.60. The standard InChI is InChI=1S/C15H18F2N2OS/c16-13-4-5-14(17)12(7-13)9-20-6-2-1-3-11-8-19-15(18)21-10-11/h4-5,7-8H,1-3,6,9-10H2,(H2,18,19). The molecule has 0 bridgehead atoms. The topological polar surface area (TPSA) is 47.6 Å². The van der Waals surface area contributed by atoms with Crippen LogP contribution in [0.1, 0.15) is 24.8 Å². The van der Waals surface area contributed by atoms with Crippen molar-refractivity contribution >= 4 is 16.9 Å². The van der Waals surface area contributed by atoms with Crippen LogP contribution in [-0.4, -0.2) is 17.5 Å². The minimum atomic E-state index is -0.448. The summed E-state index contributed by atoms with van der Waals surface area (Å²) in [5.41, 5.74) is 7.09. The molecule has 21 heavy (non-hydrogen) atoms. The lowest BCUT2D eigenvalue weighted by Gasteiger charge is -2.10. The summed E-state index contributed by atoms with van der Waals surface area (Å²) in [5, 5.41) is 0.610. The Labute approximate surface area is 127 Å². The molecule has 1 aliphatic heterocycles. The second kappa shape index (κ2) is 8.14. The van der Waals surface area contributed by atoms with Crippen molar-refractivity contribution in [3.05, 3.63) is 47.2 Å². The number of hydrogen-bond donors (Lipinski definition) is 1. The van der Waals surface area contributed by atoms with Gasteiger partial charge in [-0.3, -0.25) is 0 Å². The van der Waals surface area contributed by atoms with Gasteiger partial charge >= 0.3 is 0 Å². The molecule has 0 atom stereocenters. The van der Waals surface area contributed by atoms with E-state index in [9.17, 15) is 8.78 Å². The van der Waals surface area contributed by atoms with E-state index >= 15 is 0 Å². The second-order valence-corrected chi connectivity index (χ2v) is 5.78. The van der Waals surface area contributed by atoms with Crippen LogP contribution in [-0.2, 0) is 11.3 Å². The van der Waals surface area contributed by atoms with Crippen LogP contribution < -0.4 is 5.73 Å². The molecule has 0 aromatic heterocycles. The van der Waals surface area contributed by atoms with Crippen molar-refractivity contribution in [2.45, 2.75) is 25.9 Å². The van der Waals surface area contributed by atoms with Crippen LogP contribution >= 0.6 is 11.8 Å². The Hall–Kier alpha value is -1.40. The summed E-state index contributed by atoms with van der Waals surface area (Å²) >= 11 is 1.55. The van der Waals surface area contributed by atoms with Crippen LogP contribution in [0.2, 0.25) is 0 Å². The summed E-state index contributed by atoms with van der Waals surface area (Å²) in [6.07, 6.45) is 4.64. The summed E-state index contributed by atoms with van der Waals surface area (Å²) < 4.78 is 31.7. The number of nitrogens with two attached hydrogens (primary N) is 1. The van der Waals surface area contributed by atoms with E-state index in [4.69, 9.17) is 10.5 Å². The highest BCUT2D eigenvalue weighted by molar-refractivity contribution is 8.14. The van der Waals surface area contributed by atoms with Crippen LogP contribution in [0.25, 0.3) is 0 Å². The van der Waals surface area contributed by atoms with E-state index in [0.29, 0.717) is 11.8 Å². The number of benzene rings is 1. The zero-order valence-electron chi connectivity index (χ0n) is 11.6. The Balaban J connectivity index is 1.61. The number of ether oxygens (including phenoxy) is 1. The van der Waals surface area contributed by atoms with Gasteiger partial charge in [0.05, 0.1) is 6.61 Å². The molecule has 0 amide bonds. The molecule has 1 aromatic rings. The third-order valence-electron chi connectivity index (χ3n) is 3.08. The molecule has 0 spiro atoms. The predicted molar refractivity (Wildman–Crippen MR) is 82.0 cm³/mol. The van der Waals surface area contributed by atoms with Crippen molar-refractivity contribution in [1.29, 1.82) is 0 Å². The number of unbranched alkanes of at least 4 members (excludes halogenated alkanes) is 1. The number of hydrogen-bond acceptors (Lipinski definition) is 4. The SMILES string of the molecule is NC1=NC=C(CCCCOCc2cc(F)ccc2F)CS1. The van der Waals surface area contributed by atoms with Gasteiger partial charge in [-0.15, -0.1) is 0 Å². The molecule has 3 nitrogen and oxygen atoms in total. The molecule has 2 N–H and O–H groups in total. The van der Waals surface area contributed by atoms with Crippen LogP contribution in [0, 0.1) is 11.6 Å². The van der Waals surface area contributed by atoms with E-state index in [1.807, 2.05) is 6.20 Å². The number of aliphatic imine (C=N–C) groups is 1. The van der Waals surface area contributed by atoms with Gasteiger partial charge in [0.1, 0.15) is 11.6 Å². The Morgan fingerprint density at radius 3 is 2.90 bits per heavy atom. The molecular weight excluding hydrogens is 294 g/mol. The van der Waals surface area contributed by atoms with Crippen molar-refractivity contribution in [1.82, 2.24) is 0 Å². The Morgan fingerprint density at radius 2 is 2.14 bits per heavy atom. The molecule has 0 fully saturated rings. The maximum absolute atomic E-state index is 13.3. The summed E-state index contributed by atoms with van der Waals surface area (Å²) in [5.74, 6) is 0.0119. The van der Waals surface area contributed by atoms with E-state index in [-0.39, 0.29) is 12.2 Å². The number of nitrogens with zero attached hydrogens (tertiary/aromatic N) is 1. The van der Waals surface area contributed by atoms with Crippen LogP contribution in [0.5, 0.6) is 0 Å². The van der Waals surface area contributed by atoms with Gasteiger partial charge in [0.15, 0.2) is 5.17 Å². The fourth-order valence-electron chi connectivity index (χ4n) is 1.93. The minimum absolute atomic E-state index is 0.100. The Bertz CT molecular complexity index is 546. The molecule has 114 valence electrons. The highest BCUT2D eigenvalue weighted by atomic mass is 32.2. The van der Waals surface area contributed by atoms with E-state index in [0.717, 1.165) is 37.1 Å². The van der Waals surface area contributed by atoms with Crippen LogP contribution in [0.3, 0.4) is 0 Å². The smallest absolute Gasteiger partial charge is 0.158 e. The summed E-state index contributed by atoms with van der Waals surface area (Å²) in [6.45, 7) is 0.630. The number of amidine groups is 1. The first-order valence-electron chi connectivity index (χ1n) is 6.81. The largest absolute Gasteiger partial charge is 0.378 e. The van der Waals surface area contributed by atoms with Crippen molar-refractivity contribution in [2.24, 2.45) is 10.7 Å². The summed E-state index contributed by atoms with van der Waals surface area (Å²) in [4.78, 5) is 4.07. The van der Waals surface area contributed by atoms with E-state index in [1.165, 1.54) is 11.6 Å². The van der Waals surface area contributed by atoms with Gasteiger partial charge in [-0.1, -0.05) is 11.8 Å². The average Bonchev–Trinajstić information content (AvgIpc) is 2.48. The first-order chi connectivity index (χ1) is 10.1. The van der Waals surface area contributed by atoms with Gasteiger partial charge in [0.25, 0.3) is 0 Å². The third-order valence-corrected chi connectivity index (χ3v) is 4.00. The maximum atomic E-state index is 13.3. The van der Waals surface area contributed by atoms with Crippen molar-refractivity contribution < 1.29 is 13.5 Å². The molecule has 0 radical (unpaired) electrons. The molecule has 2 rings (SSSR count). The number of rotatable bonds is 7. The molecular formula is C15H18F2N2OS. The fraction of sp³-hybridized carbons (Fsp3) is 0.400. The van der Waals surface area contributed by atoms with Crippen molar-refractivity contribution in [3.63, 3.8) is 0 Å². The average molecular weight is 312 g/mol. The van der Waals surface area contributed by atoms with Gasteiger partial charge in [-0.2, -0.15) is 0 Å². The van der Waals surface area contributed by atoms with Crippen molar-refractivity contribution in [3.8, 4) is 0 Å². The highest BCUT2D eigenvalue weighted by Crippen LogP contribution is 2.19. The number of thioether (sulfide) groups is 1. The van der Waals surface area contributed by atoms with Crippen molar-refractivity contribution in [2.75, 3.05) is 12.4 Å². The van der Waals surface area contributed by atoms with Crippen LogP contribution in [0.15, 0.2) is 35.0 Å². The molecule has 0 saturated carbocycles. The Kier molecular flexibility index (Phi) is 6.20. The zero-order chi connectivity index (χ0) is 15.1. The first kappa shape index (κ1) is 16.0. The second-order valence-electron chi connectivity index (χ2n) is 4.79. The van der Waals surface area contributed by atoms with E-state index < -0.39 is 11.6 Å². The lowest BCUT2D eigenvalue weighted by molar-refractivity contribution is 0.114. The van der Waals surface area contributed by atoms with Gasteiger partial charge < -0.3 is 10.5 Å². The van der Waals surface area contributed by atoms with Gasteiger partial charge in [0.2, 0.25) is 0 Å².